The summed E-state index contributed by atoms with van der Waals surface area (Å²) >= 11 is 1.54. The van der Waals surface area contributed by atoms with Crippen LogP contribution in [0, 0.1) is 24.1 Å². The molecule has 0 N–H and O–H groups in total. The highest BCUT2D eigenvalue weighted by Gasteiger charge is 2.04. The second kappa shape index (κ2) is 4.93. The summed E-state index contributed by atoms with van der Waals surface area (Å²) in [5, 5.41) is 11.4. The number of nitriles is 1. The first kappa shape index (κ1) is 11.6. The van der Waals surface area contributed by atoms with Crippen LogP contribution >= 0.6 is 11.3 Å². The fourth-order valence-electron chi connectivity index (χ4n) is 1.31. The van der Waals surface area contributed by atoms with Gasteiger partial charge in [-0.3, -0.25) is 0 Å². The Kier molecular flexibility index (Phi) is 3.35. The number of thiazole rings is 1. The molecule has 5 heteroatoms. The van der Waals surface area contributed by atoms with E-state index in [2.05, 4.69) is 4.98 Å². The van der Waals surface area contributed by atoms with Crippen molar-refractivity contribution in [3.8, 4) is 11.8 Å². The number of ether oxygens (including phenoxy) is 1. The lowest BCUT2D eigenvalue weighted by molar-refractivity contribution is 0.300. The molecule has 86 valence electrons. The van der Waals surface area contributed by atoms with Crippen LogP contribution in [0.25, 0.3) is 0 Å². The van der Waals surface area contributed by atoms with Gasteiger partial charge < -0.3 is 4.74 Å². The molecule has 0 saturated carbocycles. The number of aromatic nitrogens is 1. The lowest BCUT2D eigenvalue weighted by Gasteiger charge is -2.04. The van der Waals surface area contributed by atoms with Crippen molar-refractivity contribution in [2.45, 2.75) is 13.5 Å². The van der Waals surface area contributed by atoms with Crippen molar-refractivity contribution in [3.63, 3.8) is 0 Å². The van der Waals surface area contributed by atoms with E-state index in [0.29, 0.717) is 12.4 Å². The number of rotatable bonds is 3. The Bertz CT molecular complexity index is 574. The summed E-state index contributed by atoms with van der Waals surface area (Å²) in [4.78, 5) is 4.23. The van der Waals surface area contributed by atoms with Crippen molar-refractivity contribution in [2.24, 2.45) is 0 Å². The third-order valence-electron chi connectivity index (χ3n) is 2.11. The Hall–Kier alpha value is -1.93. The van der Waals surface area contributed by atoms with Gasteiger partial charge in [-0.2, -0.15) is 5.26 Å². The smallest absolute Gasteiger partial charge is 0.144 e. The minimum absolute atomic E-state index is 0.0156. The van der Waals surface area contributed by atoms with E-state index in [0.717, 1.165) is 10.7 Å². The van der Waals surface area contributed by atoms with Gasteiger partial charge >= 0.3 is 0 Å². The van der Waals surface area contributed by atoms with E-state index in [1.165, 1.54) is 12.1 Å². The molecule has 0 amide bonds. The first-order valence-corrected chi connectivity index (χ1v) is 5.80. The van der Waals surface area contributed by atoms with Crippen LogP contribution < -0.4 is 4.74 Å². The van der Waals surface area contributed by atoms with E-state index < -0.39 is 5.82 Å². The summed E-state index contributed by atoms with van der Waals surface area (Å²) in [6.07, 6.45) is 0. The molecule has 2 aromatic rings. The van der Waals surface area contributed by atoms with Crippen LogP contribution in [0.2, 0.25) is 0 Å². The average molecular weight is 248 g/mol. The van der Waals surface area contributed by atoms with Gasteiger partial charge in [-0.25, -0.2) is 9.37 Å². The van der Waals surface area contributed by atoms with Gasteiger partial charge in [0.25, 0.3) is 0 Å². The first-order chi connectivity index (χ1) is 8.19. The highest BCUT2D eigenvalue weighted by atomic mass is 32.1. The Labute approximate surface area is 102 Å². The van der Waals surface area contributed by atoms with Crippen LogP contribution in [-0.4, -0.2) is 4.98 Å². The molecular weight excluding hydrogens is 239 g/mol. The van der Waals surface area contributed by atoms with Gasteiger partial charge in [0.15, 0.2) is 0 Å². The van der Waals surface area contributed by atoms with Crippen LogP contribution in [0.5, 0.6) is 5.75 Å². The van der Waals surface area contributed by atoms with Gasteiger partial charge in [0.1, 0.15) is 24.2 Å². The molecule has 2 rings (SSSR count). The normalized spacial score (nSPS) is 9.94. The van der Waals surface area contributed by atoms with E-state index in [1.807, 2.05) is 12.3 Å². The van der Waals surface area contributed by atoms with E-state index in [9.17, 15) is 4.39 Å². The zero-order valence-corrected chi connectivity index (χ0v) is 9.92. The molecule has 0 radical (unpaired) electrons. The predicted molar refractivity (Wildman–Crippen MR) is 62.3 cm³/mol. The monoisotopic (exact) mass is 248 g/mol. The summed E-state index contributed by atoms with van der Waals surface area (Å²) in [6.45, 7) is 2.21. The number of halogens is 1. The molecule has 0 unspecified atom stereocenters. The molecule has 0 atom stereocenters. The lowest BCUT2D eigenvalue weighted by Crippen LogP contribution is -1.96. The summed E-state index contributed by atoms with van der Waals surface area (Å²) in [6, 6.07) is 5.93. The van der Waals surface area contributed by atoms with Crippen molar-refractivity contribution in [1.29, 1.82) is 5.26 Å². The quantitative estimate of drug-likeness (QED) is 0.838. The minimum Gasteiger partial charge on any atom is -0.487 e. The second-order valence-corrected chi connectivity index (χ2v) is 4.46. The highest BCUT2D eigenvalue weighted by molar-refractivity contribution is 7.09. The third kappa shape index (κ3) is 2.80. The van der Waals surface area contributed by atoms with Crippen molar-refractivity contribution in [3.05, 3.63) is 45.7 Å². The predicted octanol–water partition coefficient (Wildman–Crippen LogP) is 3.04. The van der Waals surface area contributed by atoms with Gasteiger partial charge in [-0.15, -0.1) is 11.3 Å². The molecule has 0 bridgehead atoms. The number of benzene rings is 1. The summed E-state index contributed by atoms with van der Waals surface area (Å²) in [5.74, 6) is -0.174. The minimum atomic E-state index is -0.570. The largest absolute Gasteiger partial charge is 0.487 e. The van der Waals surface area contributed by atoms with Crippen LogP contribution in [-0.2, 0) is 6.61 Å². The first-order valence-electron chi connectivity index (χ1n) is 4.92. The van der Waals surface area contributed by atoms with Crippen LogP contribution in [0.3, 0.4) is 0 Å². The van der Waals surface area contributed by atoms with E-state index >= 15 is 0 Å². The van der Waals surface area contributed by atoms with Gasteiger partial charge in [0.2, 0.25) is 0 Å². The summed E-state index contributed by atoms with van der Waals surface area (Å²) in [7, 11) is 0. The van der Waals surface area contributed by atoms with Crippen LogP contribution in [0.1, 0.15) is 16.3 Å². The molecule has 1 aromatic carbocycles. The van der Waals surface area contributed by atoms with E-state index in [4.69, 9.17) is 10.00 Å². The standard InChI is InChI=1S/C12H9FN2OS/c1-8-15-10(7-17-8)6-16-11-3-2-9(5-14)12(13)4-11/h2-4,7H,6H2,1H3. The van der Waals surface area contributed by atoms with Crippen molar-refractivity contribution >= 4 is 11.3 Å². The third-order valence-corrected chi connectivity index (χ3v) is 2.94. The average Bonchev–Trinajstić information content (AvgIpc) is 2.73. The van der Waals surface area contributed by atoms with Crippen molar-refractivity contribution < 1.29 is 9.13 Å². The molecule has 0 aliphatic heterocycles. The van der Waals surface area contributed by atoms with Crippen LogP contribution in [0.4, 0.5) is 4.39 Å². The zero-order valence-electron chi connectivity index (χ0n) is 9.11. The Morgan fingerprint density at radius 3 is 2.94 bits per heavy atom. The summed E-state index contributed by atoms with van der Waals surface area (Å²) < 4.78 is 18.6. The molecule has 0 spiro atoms. The molecule has 0 fully saturated rings. The van der Waals surface area contributed by atoms with E-state index in [1.54, 1.807) is 23.5 Å². The van der Waals surface area contributed by atoms with Crippen molar-refractivity contribution in [2.75, 3.05) is 0 Å². The number of nitrogens with zero attached hydrogens (tertiary/aromatic N) is 2. The molecule has 0 aliphatic carbocycles. The van der Waals surface area contributed by atoms with Gasteiger partial charge in [-0.05, 0) is 19.1 Å². The molecular formula is C12H9FN2OS. The lowest BCUT2D eigenvalue weighted by atomic mass is 10.2. The molecule has 3 nitrogen and oxygen atoms in total. The Balaban J connectivity index is 2.05. The maximum atomic E-state index is 13.3. The molecule has 17 heavy (non-hydrogen) atoms. The Morgan fingerprint density at radius 2 is 2.35 bits per heavy atom. The fourth-order valence-corrected chi connectivity index (χ4v) is 1.91. The van der Waals surface area contributed by atoms with Gasteiger partial charge in [0.05, 0.1) is 16.3 Å². The molecule has 1 heterocycles. The second-order valence-electron chi connectivity index (χ2n) is 3.40. The van der Waals surface area contributed by atoms with E-state index in [-0.39, 0.29) is 5.56 Å². The number of aryl methyl sites for hydroxylation is 1. The molecule has 0 aliphatic rings. The molecule has 0 saturated heterocycles. The zero-order chi connectivity index (χ0) is 12.3. The fraction of sp³-hybridized carbons (Fsp3) is 0.167. The van der Waals surface area contributed by atoms with Gasteiger partial charge in [0, 0.05) is 11.4 Å². The SMILES string of the molecule is Cc1nc(COc2ccc(C#N)c(F)c2)cs1. The van der Waals surface area contributed by atoms with Crippen molar-refractivity contribution in [1.82, 2.24) is 4.98 Å². The molecule has 1 aromatic heterocycles. The maximum Gasteiger partial charge on any atom is 0.144 e. The summed E-state index contributed by atoms with van der Waals surface area (Å²) in [5.41, 5.74) is 0.833. The number of hydrogen-bond acceptors (Lipinski definition) is 4. The van der Waals surface area contributed by atoms with Crippen LogP contribution in [0.15, 0.2) is 23.6 Å². The maximum absolute atomic E-state index is 13.3. The van der Waals surface area contributed by atoms with Gasteiger partial charge in [-0.1, -0.05) is 0 Å². The topological polar surface area (TPSA) is 45.9 Å². The number of hydrogen-bond donors (Lipinski definition) is 0. The Morgan fingerprint density at radius 1 is 1.53 bits per heavy atom. The highest BCUT2D eigenvalue weighted by Crippen LogP contribution is 2.18.